The molecule has 13 heavy (non-hydrogen) atoms. The van der Waals surface area contributed by atoms with Crippen LogP contribution in [-0.4, -0.2) is 11.4 Å². The molecule has 0 bridgehead atoms. The monoisotopic (exact) mass is 186 g/mol. The number of aliphatic hydroxyl groups is 1. The van der Waals surface area contributed by atoms with Gasteiger partial charge in [-0.15, -0.1) is 0 Å². The van der Waals surface area contributed by atoms with E-state index in [0.29, 0.717) is 18.4 Å². The van der Waals surface area contributed by atoms with Crippen LogP contribution in [0.25, 0.3) is 0 Å². The van der Waals surface area contributed by atoms with Crippen molar-refractivity contribution in [1.82, 2.24) is 0 Å². The lowest BCUT2D eigenvalue weighted by Crippen LogP contribution is -2.22. The van der Waals surface area contributed by atoms with Crippen LogP contribution in [0.2, 0.25) is 0 Å². The second-order valence-corrected chi connectivity index (χ2v) is 2.98. The minimum absolute atomic E-state index is 0.108. The fourth-order valence-electron chi connectivity index (χ4n) is 1.40. The molecule has 1 aliphatic heterocycles. The van der Waals surface area contributed by atoms with Crippen molar-refractivity contribution in [3.63, 3.8) is 0 Å². The quantitative estimate of drug-likeness (QED) is 0.667. The first-order valence-electron chi connectivity index (χ1n) is 3.99. The summed E-state index contributed by atoms with van der Waals surface area (Å²) >= 11 is 0. The molecule has 0 saturated carbocycles. The van der Waals surface area contributed by atoms with Crippen molar-refractivity contribution in [3.8, 4) is 5.75 Å². The predicted octanol–water partition coefficient (Wildman–Crippen LogP) is 1.61. The number of halogens is 2. The molecule has 4 heteroatoms. The zero-order chi connectivity index (χ0) is 9.42. The van der Waals surface area contributed by atoms with Gasteiger partial charge in [-0.1, -0.05) is 0 Å². The lowest BCUT2D eigenvalue weighted by molar-refractivity contribution is -0.0324. The first-order chi connectivity index (χ1) is 6.16. The molecule has 0 fully saturated rings. The van der Waals surface area contributed by atoms with Gasteiger partial charge in [-0.25, -0.2) is 8.78 Å². The first-order valence-corrected chi connectivity index (χ1v) is 3.99. The third-order valence-corrected chi connectivity index (χ3v) is 2.02. The Kier molecular flexibility index (Phi) is 1.92. The Morgan fingerprint density at radius 1 is 1.38 bits per heavy atom. The molecule has 1 heterocycles. The van der Waals surface area contributed by atoms with Crippen molar-refractivity contribution in [3.05, 3.63) is 29.3 Å². The standard InChI is InChI=1S/C9H8F2O2/c10-5-3-7(11)6-1-2-9(12)13-8(6)4-5/h3-4,9,12H,1-2H2. The third kappa shape index (κ3) is 1.49. The number of fused-ring (bicyclic) bond motifs is 1. The summed E-state index contributed by atoms with van der Waals surface area (Å²) in [5, 5.41) is 9.07. The van der Waals surface area contributed by atoms with Crippen molar-refractivity contribution in [2.75, 3.05) is 0 Å². The summed E-state index contributed by atoms with van der Waals surface area (Å²) < 4.78 is 30.6. The zero-order valence-corrected chi connectivity index (χ0v) is 6.76. The van der Waals surface area contributed by atoms with Gasteiger partial charge in [0, 0.05) is 24.1 Å². The molecule has 2 rings (SSSR count). The summed E-state index contributed by atoms with van der Waals surface area (Å²) in [7, 11) is 0. The Hall–Kier alpha value is -1.16. The minimum atomic E-state index is -0.950. The molecule has 1 aromatic carbocycles. The number of benzene rings is 1. The number of ether oxygens (including phenoxy) is 1. The van der Waals surface area contributed by atoms with Gasteiger partial charge in [-0.3, -0.25) is 0 Å². The average molecular weight is 186 g/mol. The van der Waals surface area contributed by atoms with Gasteiger partial charge in [0.05, 0.1) is 0 Å². The van der Waals surface area contributed by atoms with Crippen LogP contribution in [0, 0.1) is 11.6 Å². The van der Waals surface area contributed by atoms with Gasteiger partial charge in [0.1, 0.15) is 17.4 Å². The van der Waals surface area contributed by atoms with Crippen LogP contribution in [0.15, 0.2) is 12.1 Å². The topological polar surface area (TPSA) is 29.5 Å². The molecule has 0 aromatic heterocycles. The molecule has 1 aliphatic rings. The summed E-state index contributed by atoms with van der Waals surface area (Å²) in [6.45, 7) is 0. The fraction of sp³-hybridized carbons (Fsp3) is 0.333. The number of aliphatic hydroxyl groups excluding tert-OH is 1. The van der Waals surface area contributed by atoms with Crippen LogP contribution in [0.5, 0.6) is 5.75 Å². The summed E-state index contributed by atoms with van der Waals surface area (Å²) in [4.78, 5) is 0. The van der Waals surface area contributed by atoms with Gasteiger partial charge in [0.25, 0.3) is 0 Å². The Morgan fingerprint density at radius 2 is 2.15 bits per heavy atom. The van der Waals surface area contributed by atoms with Crippen molar-refractivity contribution in [1.29, 1.82) is 0 Å². The van der Waals surface area contributed by atoms with Gasteiger partial charge < -0.3 is 9.84 Å². The van der Waals surface area contributed by atoms with E-state index in [1.54, 1.807) is 0 Å². The van der Waals surface area contributed by atoms with Crippen LogP contribution in [0.3, 0.4) is 0 Å². The number of hydrogen-bond donors (Lipinski definition) is 1. The number of rotatable bonds is 0. The van der Waals surface area contributed by atoms with E-state index in [-0.39, 0.29) is 5.75 Å². The second kappa shape index (κ2) is 2.96. The molecule has 0 saturated heterocycles. The van der Waals surface area contributed by atoms with E-state index in [0.717, 1.165) is 12.1 Å². The molecule has 1 unspecified atom stereocenters. The summed E-state index contributed by atoms with van der Waals surface area (Å²) in [5.74, 6) is -1.19. The Balaban J connectivity index is 2.47. The lowest BCUT2D eigenvalue weighted by atomic mass is 10.1. The SMILES string of the molecule is OC1CCc2c(F)cc(F)cc2O1. The highest BCUT2D eigenvalue weighted by Crippen LogP contribution is 2.29. The van der Waals surface area contributed by atoms with Crippen molar-refractivity contribution >= 4 is 0 Å². The van der Waals surface area contributed by atoms with E-state index >= 15 is 0 Å². The molecule has 0 amide bonds. The van der Waals surface area contributed by atoms with Gasteiger partial charge in [0.15, 0.2) is 6.29 Å². The maximum Gasteiger partial charge on any atom is 0.197 e. The van der Waals surface area contributed by atoms with Crippen LogP contribution in [-0.2, 0) is 6.42 Å². The Bertz CT molecular complexity index is 339. The van der Waals surface area contributed by atoms with Crippen LogP contribution >= 0.6 is 0 Å². The highest BCUT2D eigenvalue weighted by Gasteiger charge is 2.21. The van der Waals surface area contributed by atoms with E-state index in [4.69, 9.17) is 9.84 Å². The molecule has 1 atom stereocenters. The second-order valence-electron chi connectivity index (χ2n) is 2.98. The molecule has 2 nitrogen and oxygen atoms in total. The van der Waals surface area contributed by atoms with Crippen LogP contribution < -0.4 is 4.74 Å². The maximum atomic E-state index is 13.1. The molecule has 0 radical (unpaired) electrons. The summed E-state index contributed by atoms with van der Waals surface area (Å²) in [5.41, 5.74) is 0.340. The van der Waals surface area contributed by atoms with Gasteiger partial charge in [-0.05, 0) is 6.42 Å². The maximum absolute atomic E-state index is 13.1. The Labute approximate surface area is 73.8 Å². The van der Waals surface area contributed by atoms with Crippen molar-refractivity contribution in [2.45, 2.75) is 19.1 Å². The number of hydrogen-bond acceptors (Lipinski definition) is 2. The minimum Gasteiger partial charge on any atom is -0.465 e. The fourth-order valence-corrected chi connectivity index (χ4v) is 1.40. The predicted molar refractivity (Wildman–Crippen MR) is 41.3 cm³/mol. The lowest BCUT2D eigenvalue weighted by Gasteiger charge is -2.22. The normalized spacial score (nSPS) is 20.7. The molecule has 0 spiro atoms. The van der Waals surface area contributed by atoms with Crippen LogP contribution in [0.1, 0.15) is 12.0 Å². The van der Waals surface area contributed by atoms with Crippen molar-refractivity contribution in [2.24, 2.45) is 0 Å². The van der Waals surface area contributed by atoms with E-state index < -0.39 is 17.9 Å². The average Bonchev–Trinajstić information content (AvgIpc) is 2.02. The van der Waals surface area contributed by atoms with E-state index in [2.05, 4.69) is 0 Å². The van der Waals surface area contributed by atoms with E-state index in [1.807, 2.05) is 0 Å². The van der Waals surface area contributed by atoms with Gasteiger partial charge in [-0.2, -0.15) is 0 Å². The highest BCUT2D eigenvalue weighted by atomic mass is 19.1. The molecular formula is C9H8F2O2. The molecule has 70 valence electrons. The zero-order valence-electron chi connectivity index (χ0n) is 6.76. The largest absolute Gasteiger partial charge is 0.465 e. The van der Waals surface area contributed by atoms with Gasteiger partial charge in [0.2, 0.25) is 0 Å². The van der Waals surface area contributed by atoms with E-state index in [1.165, 1.54) is 0 Å². The molecule has 1 aromatic rings. The Morgan fingerprint density at radius 3 is 2.92 bits per heavy atom. The summed E-state index contributed by atoms with van der Waals surface area (Å²) in [6.07, 6.45) is -0.230. The van der Waals surface area contributed by atoms with Crippen molar-refractivity contribution < 1.29 is 18.6 Å². The third-order valence-electron chi connectivity index (χ3n) is 2.02. The smallest absolute Gasteiger partial charge is 0.197 e. The molecular weight excluding hydrogens is 178 g/mol. The first kappa shape index (κ1) is 8.44. The van der Waals surface area contributed by atoms with E-state index in [9.17, 15) is 8.78 Å². The highest BCUT2D eigenvalue weighted by molar-refractivity contribution is 5.36. The van der Waals surface area contributed by atoms with Crippen LogP contribution in [0.4, 0.5) is 8.78 Å². The molecule has 1 N–H and O–H groups in total. The summed E-state index contributed by atoms with van der Waals surface area (Å²) in [6, 6.07) is 1.90. The molecule has 0 aliphatic carbocycles. The van der Waals surface area contributed by atoms with Gasteiger partial charge >= 0.3 is 0 Å².